The van der Waals surface area contributed by atoms with Crippen molar-refractivity contribution < 1.29 is 17.6 Å². The van der Waals surface area contributed by atoms with Crippen molar-refractivity contribution in [3.63, 3.8) is 0 Å². The van der Waals surface area contributed by atoms with Gasteiger partial charge >= 0.3 is 0 Å². The summed E-state index contributed by atoms with van der Waals surface area (Å²) in [4.78, 5) is 13.5. The first-order chi connectivity index (χ1) is 9.78. The van der Waals surface area contributed by atoms with Gasteiger partial charge in [0.2, 0.25) is 10.0 Å². The van der Waals surface area contributed by atoms with Crippen LogP contribution in [0.2, 0.25) is 0 Å². The lowest BCUT2D eigenvalue weighted by Crippen LogP contribution is -2.47. The van der Waals surface area contributed by atoms with Crippen LogP contribution in [0, 0.1) is 5.82 Å². The molecule has 1 N–H and O–H groups in total. The molecule has 1 aromatic carbocycles. The number of rotatable bonds is 4. The number of benzene rings is 1. The van der Waals surface area contributed by atoms with Crippen molar-refractivity contribution in [1.82, 2.24) is 4.72 Å². The highest BCUT2D eigenvalue weighted by molar-refractivity contribution is 7.88. The third kappa shape index (κ3) is 4.01. The number of carbonyl (C=O) groups is 1. The number of piperidine rings is 1. The maximum absolute atomic E-state index is 13.9. The monoisotopic (exact) mass is 314 g/mol. The van der Waals surface area contributed by atoms with Gasteiger partial charge in [-0.25, -0.2) is 17.5 Å². The van der Waals surface area contributed by atoms with E-state index in [1.807, 2.05) is 4.90 Å². The lowest BCUT2D eigenvalue weighted by molar-refractivity contribution is 0.101. The average Bonchev–Trinajstić information content (AvgIpc) is 2.36. The predicted octanol–water partition coefficient (Wildman–Crippen LogP) is 1.55. The molecule has 0 aromatic heterocycles. The molecule has 0 spiro atoms. The normalized spacial score (nSPS) is 19.6. The Morgan fingerprint density at radius 2 is 2.14 bits per heavy atom. The highest BCUT2D eigenvalue weighted by Crippen LogP contribution is 2.26. The second kappa shape index (κ2) is 6.11. The zero-order chi connectivity index (χ0) is 15.6. The van der Waals surface area contributed by atoms with Crippen molar-refractivity contribution in [2.45, 2.75) is 25.8 Å². The van der Waals surface area contributed by atoms with E-state index in [1.54, 1.807) is 12.1 Å². The van der Waals surface area contributed by atoms with E-state index in [2.05, 4.69) is 4.72 Å². The summed E-state index contributed by atoms with van der Waals surface area (Å²) < 4.78 is 39.1. The first-order valence-corrected chi connectivity index (χ1v) is 8.69. The number of nitrogens with one attached hydrogen (secondary N) is 1. The number of anilines is 1. The number of halogens is 1. The number of nitrogens with zero attached hydrogens (tertiary/aromatic N) is 1. The molecule has 5 nitrogen and oxygen atoms in total. The molecule has 0 bridgehead atoms. The molecule has 1 saturated heterocycles. The number of Topliss-reactive ketones (excluding diaryl/α,β-unsaturated/α-hetero) is 1. The Kier molecular flexibility index (Phi) is 4.63. The Balaban J connectivity index is 2.26. The lowest BCUT2D eigenvalue weighted by atomic mass is 10.0. The van der Waals surface area contributed by atoms with E-state index in [9.17, 15) is 17.6 Å². The van der Waals surface area contributed by atoms with E-state index in [0.717, 1.165) is 19.1 Å². The summed E-state index contributed by atoms with van der Waals surface area (Å²) in [6, 6.07) is 4.29. The van der Waals surface area contributed by atoms with Gasteiger partial charge in [-0.3, -0.25) is 4.79 Å². The van der Waals surface area contributed by atoms with Crippen LogP contribution in [0.3, 0.4) is 0 Å². The van der Waals surface area contributed by atoms with Crippen LogP contribution in [0.4, 0.5) is 10.1 Å². The van der Waals surface area contributed by atoms with Gasteiger partial charge < -0.3 is 4.90 Å². The van der Waals surface area contributed by atoms with Gasteiger partial charge in [-0.1, -0.05) is 6.07 Å². The Morgan fingerprint density at radius 3 is 2.76 bits per heavy atom. The van der Waals surface area contributed by atoms with Crippen LogP contribution in [0.25, 0.3) is 0 Å². The quantitative estimate of drug-likeness (QED) is 0.856. The number of hydrogen-bond acceptors (Lipinski definition) is 4. The molecule has 0 amide bonds. The molecule has 1 atom stereocenters. The molecular formula is C14H19FN2O3S. The van der Waals surface area contributed by atoms with Crippen molar-refractivity contribution in [1.29, 1.82) is 0 Å². The summed E-state index contributed by atoms with van der Waals surface area (Å²) in [7, 11) is -3.28. The predicted molar refractivity (Wildman–Crippen MR) is 79.6 cm³/mol. The van der Waals surface area contributed by atoms with Crippen LogP contribution < -0.4 is 9.62 Å². The van der Waals surface area contributed by atoms with Gasteiger partial charge in [0.1, 0.15) is 5.82 Å². The second-order valence-corrected chi connectivity index (χ2v) is 7.15. The smallest absolute Gasteiger partial charge is 0.209 e. The molecule has 0 radical (unpaired) electrons. The van der Waals surface area contributed by atoms with Crippen molar-refractivity contribution >= 4 is 21.5 Å². The van der Waals surface area contributed by atoms with Crippen LogP contribution in [0.1, 0.15) is 30.1 Å². The fourth-order valence-corrected chi connectivity index (χ4v) is 3.52. The zero-order valence-electron chi connectivity index (χ0n) is 12.1. The van der Waals surface area contributed by atoms with E-state index in [-0.39, 0.29) is 17.4 Å². The van der Waals surface area contributed by atoms with Gasteiger partial charge in [-0.15, -0.1) is 0 Å². The Bertz CT molecular complexity index is 646. The summed E-state index contributed by atoms with van der Waals surface area (Å²) in [6.45, 7) is 2.43. The van der Waals surface area contributed by atoms with Gasteiger partial charge in [0.25, 0.3) is 0 Å². The van der Waals surface area contributed by atoms with E-state index < -0.39 is 15.8 Å². The minimum absolute atomic E-state index is 0.0671. The van der Waals surface area contributed by atoms with Crippen molar-refractivity contribution in [2.75, 3.05) is 24.2 Å². The third-order valence-electron chi connectivity index (χ3n) is 3.49. The maximum atomic E-state index is 13.9. The van der Waals surface area contributed by atoms with E-state index in [4.69, 9.17) is 0 Å². The van der Waals surface area contributed by atoms with Gasteiger partial charge in [-0.05, 0) is 31.9 Å². The summed E-state index contributed by atoms with van der Waals surface area (Å²) >= 11 is 0. The van der Waals surface area contributed by atoms with Gasteiger partial charge in [-0.2, -0.15) is 0 Å². The largest absolute Gasteiger partial charge is 0.369 e. The number of ketones is 1. The molecule has 1 aliphatic rings. The first kappa shape index (κ1) is 15.9. The van der Waals surface area contributed by atoms with Gasteiger partial charge in [0, 0.05) is 19.1 Å². The average molecular weight is 314 g/mol. The molecule has 0 aliphatic carbocycles. The minimum Gasteiger partial charge on any atom is -0.369 e. The summed E-state index contributed by atoms with van der Waals surface area (Å²) in [6.07, 6.45) is 2.63. The van der Waals surface area contributed by atoms with Crippen LogP contribution in [0.15, 0.2) is 18.2 Å². The fourth-order valence-electron chi connectivity index (χ4n) is 2.72. The molecule has 1 fully saturated rings. The second-order valence-electron chi connectivity index (χ2n) is 5.37. The Morgan fingerprint density at radius 1 is 1.43 bits per heavy atom. The molecule has 116 valence electrons. The summed E-state index contributed by atoms with van der Waals surface area (Å²) in [5, 5.41) is 0. The maximum Gasteiger partial charge on any atom is 0.209 e. The van der Waals surface area contributed by atoms with Crippen LogP contribution >= 0.6 is 0 Å². The van der Waals surface area contributed by atoms with Crippen molar-refractivity contribution in [3.05, 3.63) is 29.6 Å². The lowest BCUT2D eigenvalue weighted by Gasteiger charge is -2.35. The Hall–Kier alpha value is -1.47. The van der Waals surface area contributed by atoms with Crippen LogP contribution in [0.5, 0.6) is 0 Å². The van der Waals surface area contributed by atoms with Crippen LogP contribution in [-0.2, 0) is 10.0 Å². The SMILES string of the molecule is CC(=O)c1c(F)cccc1N1CCCC(NS(C)(=O)=O)C1. The van der Waals surface area contributed by atoms with Crippen LogP contribution in [-0.4, -0.2) is 39.6 Å². The zero-order valence-corrected chi connectivity index (χ0v) is 12.9. The summed E-state index contributed by atoms with van der Waals surface area (Å²) in [5.41, 5.74) is 0.597. The molecular weight excluding hydrogens is 295 g/mol. The standard InChI is InChI=1S/C14H19FN2O3S/c1-10(18)14-12(15)6-3-7-13(14)17-8-4-5-11(9-17)16-21(2,19)20/h3,6-7,11,16H,4-5,8-9H2,1-2H3. The van der Waals surface area contributed by atoms with Crippen molar-refractivity contribution in [3.8, 4) is 0 Å². The van der Waals surface area contributed by atoms with E-state index in [1.165, 1.54) is 13.0 Å². The molecule has 1 aliphatic heterocycles. The first-order valence-electron chi connectivity index (χ1n) is 6.79. The topological polar surface area (TPSA) is 66.5 Å². The number of hydrogen-bond donors (Lipinski definition) is 1. The van der Waals surface area contributed by atoms with Gasteiger partial charge in [0.15, 0.2) is 5.78 Å². The summed E-state index contributed by atoms with van der Waals surface area (Å²) in [5.74, 6) is -0.875. The van der Waals surface area contributed by atoms with E-state index >= 15 is 0 Å². The Labute approximate surface area is 124 Å². The molecule has 1 aromatic rings. The fraction of sp³-hybridized carbons (Fsp3) is 0.500. The molecule has 7 heteroatoms. The molecule has 2 rings (SSSR count). The highest BCUT2D eigenvalue weighted by atomic mass is 32.2. The highest BCUT2D eigenvalue weighted by Gasteiger charge is 2.25. The molecule has 1 heterocycles. The molecule has 1 unspecified atom stereocenters. The molecule has 21 heavy (non-hydrogen) atoms. The third-order valence-corrected chi connectivity index (χ3v) is 4.25. The number of sulfonamides is 1. The van der Waals surface area contributed by atoms with Crippen molar-refractivity contribution in [2.24, 2.45) is 0 Å². The molecule has 0 saturated carbocycles. The van der Waals surface area contributed by atoms with Gasteiger partial charge in [0.05, 0.1) is 17.5 Å². The minimum atomic E-state index is -3.28. The van der Waals surface area contributed by atoms with E-state index in [0.29, 0.717) is 18.8 Å². The number of carbonyl (C=O) groups excluding carboxylic acids is 1.